The van der Waals surface area contributed by atoms with Crippen molar-refractivity contribution >= 4 is 0 Å². The molecule has 18 unspecified atom stereocenters. The summed E-state index contributed by atoms with van der Waals surface area (Å²) >= 11 is 0. The van der Waals surface area contributed by atoms with Crippen LogP contribution in [-0.4, -0.2) is 0 Å². The number of fused-ring (bicyclic) bond motifs is 7. The molecule has 0 amide bonds. The van der Waals surface area contributed by atoms with Gasteiger partial charge in [-0.05, 0) is 188 Å². The summed E-state index contributed by atoms with van der Waals surface area (Å²) in [6.45, 7) is 15.8. The van der Waals surface area contributed by atoms with Gasteiger partial charge in [-0.2, -0.15) is 0 Å². The summed E-state index contributed by atoms with van der Waals surface area (Å²) in [7, 11) is 0. The number of rotatable bonds is 1. The maximum Gasteiger partial charge on any atom is -0.0165 e. The van der Waals surface area contributed by atoms with Gasteiger partial charge >= 0.3 is 0 Å². The van der Waals surface area contributed by atoms with Gasteiger partial charge in [0.05, 0.1) is 0 Å². The number of hydrogen-bond acceptors (Lipinski definition) is 0. The molecule has 0 aromatic carbocycles. The van der Waals surface area contributed by atoms with Crippen LogP contribution in [0.4, 0.5) is 0 Å². The predicted octanol–water partition coefficient (Wildman–Crippen LogP) is 10.8. The lowest BCUT2D eigenvalue weighted by atomic mass is 9.33. The van der Waals surface area contributed by atoms with Crippen LogP contribution >= 0.6 is 0 Å². The largest absolute Gasteiger partial charge is 0.0625 e. The minimum Gasteiger partial charge on any atom is -0.0625 e. The Labute approximate surface area is 248 Å². The summed E-state index contributed by atoms with van der Waals surface area (Å²) < 4.78 is 0. The Morgan fingerprint density at radius 3 is 2.10 bits per heavy atom. The summed E-state index contributed by atoms with van der Waals surface area (Å²) in [4.78, 5) is 0. The van der Waals surface area contributed by atoms with E-state index in [9.17, 15) is 0 Å². The van der Waals surface area contributed by atoms with Gasteiger partial charge in [0.1, 0.15) is 0 Å². The zero-order chi connectivity index (χ0) is 27.3. The van der Waals surface area contributed by atoms with Crippen molar-refractivity contribution in [3.8, 4) is 0 Å². The van der Waals surface area contributed by atoms with Gasteiger partial charge in [-0.3, -0.25) is 0 Å². The second-order valence-electron chi connectivity index (χ2n) is 19.8. The summed E-state index contributed by atoms with van der Waals surface area (Å²) in [6, 6.07) is 0. The van der Waals surface area contributed by atoms with Crippen LogP contribution in [0.1, 0.15) is 131 Å². The second-order valence-corrected chi connectivity index (χ2v) is 19.8. The molecule has 9 saturated carbocycles. The average molecular weight is 545 g/mol. The van der Waals surface area contributed by atoms with Crippen molar-refractivity contribution in [2.24, 2.45) is 117 Å². The molecule has 18 atom stereocenters. The molecule has 0 aliphatic heterocycles. The summed E-state index contributed by atoms with van der Waals surface area (Å²) in [5.74, 6) is 19.7. The fraction of sp³-hybridized carbons (Fsp3) is 1.00. The normalized spacial score (nSPS) is 61.4. The molecule has 0 heterocycles. The van der Waals surface area contributed by atoms with E-state index < -0.39 is 0 Å². The van der Waals surface area contributed by atoms with Crippen LogP contribution < -0.4 is 0 Å². The molecule has 9 aliphatic rings. The molecule has 0 aromatic heterocycles. The van der Waals surface area contributed by atoms with Crippen molar-refractivity contribution in [3.05, 3.63) is 0 Å². The van der Waals surface area contributed by atoms with Gasteiger partial charge in [-0.25, -0.2) is 0 Å². The molecule has 9 fully saturated rings. The van der Waals surface area contributed by atoms with Crippen molar-refractivity contribution in [3.63, 3.8) is 0 Å². The SMILES string of the molecule is CC(C)C1CCC2C(C1)C1C3CCCCC3C3CCC4CC5CC(C(C)(C)C)CC6C7CCC(C)C7C2(C56)C4C31. The van der Waals surface area contributed by atoms with Gasteiger partial charge in [0.25, 0.3) is 0 Å². The van der Waals surface area contributed by atoms with Crippen molar-refractivity contribution in [1.82, 2.24) is 0 Å². The van der Waals surface area contributed by atoms with Crippen LogP contribution in [0, 0.1) is 117 Å². The lowest BCUT2D eigenvalue weighted by Gasteiger charge is -2.72. The van der Waals surface area contributed by atoms with Crippen LogP contribution in [-0.2, 0) is 0 Å². The third kappa shape index (κ3) is 3.18. The van der Waals surface area contributed by atoms with E-state index in [1.54, 1.807) is 89.9 Å². The van der Waals surface area contributed by atoms with Gasteiger partial charge < -0.3 is 0 Å². The molecule has 0 bridgehead atoms. The molecule has 0 heteroatoms. The standard InChI is InChI=1S/C40H64/c1-21(2)23-13-16-33-32(19-23)34-28-10-8-7-9-27(28)29-15-12-24-17-25-18-26(39(4,5)6)20-31-30-14-11-22(3)36(30)40(33,37(25)31)38(24)35(29)34/h21-38H,7-20H2,1-6H3. The zero-order valence-corrected chi connectivity index (χ0v) is 27.3. The predicted molar refractivity (Wildman–Crippen MR) is 166 cm³/mol. The van der Waals surface area contributed by atoms with Crippen molar-refractivity contribution in [1.29, 1.82) is 0 Å². The van der Waals surface area contributed by atoms with Gasteiger partial charge in [-0.1, -0.05) is 60.8 Å². The molecule has 1 spiro atoms. The average Bonchev–Trinajstić information content (AvgIpc) is 3.57. The first-order valence-corrected chi connectivity index (χ1v) is 19.2. The molecule has 0 aromatic rings. The molecule has 0 nitrogen and oxygen atoms in total. The Morgan fingerprint density at radius 2 is 1.32 bits per heavy atom. The lowest BCUT2D eigenvalue weighted by molar-refractivity contribution is -0.243. The molecular formula is C40H64. The first-order valence-electron chi connectivity index (χ1n) is 19.2. The first kappa shape index (κ1) is 26.4. The topological polar surface area (TPSA) is 0 Å². The highest BCUT2D eigenvalue weighted by atomic mass is 14.8. The lowest BCUT2D eigenvalue weighted by Crippen LogP contribution is -2.67. The summed E-state index contributed by atoms with van der Waals surface area (Å²) in [5, 5.41) is 0. The minimum atomic E-state index is 0.506. The van der Waals surface area contributed by atoms with Gasteiger partial charge in [-0.15, -0.1) is 0 Å². The Kier molecular flexibility index (Phi) is 5.81. The fourth-order valence-corrected chi connectivity index (χ4v) is 17.3. The van der Waals surface area contributed by atoms with E-state index in [4.69, 9.17) is 0 Å². The molecule has 224 valence electrons. The first-order chi connectivity index (χ1) is 19.2. The van der Waals surface area contributed by atoms with E-state index in [0.717, 1.165) is 112 Å². The molecular weight excluding hydrogens is 480 g/mol. The molecule has 40 heavy (non-hydrogen) atoms. The van der Waals surface area contributed by atoms with Gasteiger partial charge in [0, 0.05) is 0 Å². The number of hydrogen-bond donors (Lipinski definition) is 0. The molecule has 0 saturated heterocycles. The van der Waals surface area contributed by atoms with Crippen molar-refractivity contribution in [2.45, 2.75) is 131 Å². The third-order valence-corrected chi connectivity index (χ3v) is 17.9. The van der Waals surface area contributed by atoms with Crippen LogP contribution in [0.3, 0.4) is 0 Å². The molecule has 0 radical (unpaired) electrons. The van der Waals surface area contributed by atoms with E-state index in [0.29, 0.717) is 5.41 Å². The maximum atomic E-state index is 2.80. The van der Waals surface area contributed by atoms with Crippen molar-refractivity contribution < 1.29 is 0 Å². The van der Waals surface area contributed by atoms with Crippen LogP contribution in [0.25, 0.3) is 0 Å². The highest BCUT2D eigenvalue weighted by molar-refractivity contribution is 5.26. The fourth-order valence-electron chi connectivity index (χ4n) is 17.3. The Balaban J connectivity index is 1.24. The highest BCUT2D eigenvalue weighted by Gasteiger charge is 2.79. The smallest absolute Gasteiger partial charge is 0.0165 e. The van der Waals surface area contributed by atoms with Crippen LogP contribution in [0.5, 0.6) is 0 Å². The Hall–Kier alpha value is 0. The molecule has 9 rings (SSSR count). The highest BCUT2D eigenvalue weighted by Crippen LogP contribution is 2.84. The quantitative estimate of drug-likeness (QED) is 0.308. The molecule has 0 N–H and O–H groups in total. The summed E-state index contributed by atoms with van der Waals surface area (Å²) in [5.41, 5.74) is 1.27. The van der Waals surface area contributed by atoms with E-state index in [1.807, 2.05) is 0 Å². The van der Waals surface area contributed by atoms with E-state index in [2.05, 4.69) is 41.5 Å². The van der Waals surface area contributed by atoms with Gasteiger partial charge in [0.15, 0.2) is 0 Å². The second kappa shape index (κ2) is 8.80. The van der Waals surface area contributed by atoms with Gasteiger partial charge in [0.2, 0.25) is 0 Å². The van der Waals surface area contributed by atoms with Crippen LogP contribution in [0.2, 0.25) is 0 Å². The monoisotopic (exact) mass is 545 g/mol. The minimum absolute atomic E-state index is 0.506. The Morgan fingerprint density at radius 1 is 0.575 bits per heavy atom. The van der Waals surface area contributed by atoms with E-state index in [-0.39, 0.29) is 0 Å². The zero-order valence-electron chi connectivity index (χ0n) is 27.3. The van der Waals surface area contributed by atoms with E-state index >= 15 is 0 Å². The summed E-state index contributed by atoms with van der Waals surface area (Å²) in [6.07, 6.45) is 22.7. The van der Waals surface area contributed by atoms with E-state index in [1.165, 1.54) is 0 Å². The van der Waals surface area contributed by atoms with Crippen LogP contribution in [0.15, 0.2) is 0 Å². The maximum absolute atomic E-state index is 2.80. The molecule has 9 aliphatic carbocycles. The van der Waals surface area contributed by atoms with Crippen molar-refractivity contribution in [2.75, 3.05) is 0 Å². The Bertz CT molecular complexity index is 1000. The third-order valence-electron chi connectivity index (χ3n) is 17.9.